The number of rotatable bonds is 8. The molecule has 5 heteroatoms. The number of ether oxygens (including phenoxy) is 1. The molecule has 3 N–H and O–H groups in total. The summed E-state index contributed by atoms with van der Waals surface area (Å²) in [4.78, 5) is 12.2. The van der Waals surface area contributed by atoms with E-state index in [2.05, 4.69) is 19.2 Å². The Kier molecular flexibility index (Phi) is 7.54. The lowest BCUT2D eigenvalue weighted by Crippen LogP contribution is -2.23. The molecule has 0 heterocycles. The van der Waals surface area contributed by atoms with Crippen molar-refractivity contribution in [3.8, 4) is 5.75 Å². The molecule has 0 fully saturated rings. The average molecular weight is 313 g/mol. The van der Waals surface area contributed by atoms with Crippen LogP contribution in [0.1, 0.15) is 33.6 Å². The van der Waals surface area contributed by atoms with Gasteiger partial charge in [-0.05, 0) is 49.9 Å². The van der Waals surface area contributed by atoms with Crippen molar-refractivity contribution in [3.05, 3.63) is 23.2 Å². The van der Waals surface area contributed by atoms with Crippen LogP contribution in [0.5, 0.6) is 5.75 Å². The van der Waals surface area contributed by atoms with Crippen LogP contribution in [0.15, 0.2) is 18.2 Å². The predicted octanol–water partition coefficient (Wildman–Crippen LogP) is 3.69. The molecule has 0 spiro atoms. The van der Waals surface area contributed by atoms with Crippen molar-refractivity contribution in [2.45, 2.75) is 33.6 Å². The Balaban J connectivity index is 2.71. The van der Waals surface area contributed by atoms with Gasteiger partial charge >= 0.3 is 0 Å². The summed E-state index contributed by atoms with van der Waals surface area (Å²) in [5.41, 5.74) is 6.34. The summed E-state index contributed by atoms with van der Waals surface area (Å²) in [6.07, 6.45) is 1.35. The van der Waals surface area contributed by atoms with E-state index in [4.69, 9.17) is 22.1 Å². The summed E-state index contributed by atoms with van der Waals surface area (Å²) in [5, 5.41) is 3.43. The lowest BCUT2D eigenvalue weighted by molar-refractivity contribution is -0.117. The third-order valence-corrected chi connectivity index (χ3v) is 3.36. The fourth-order valence-corrected chi connectivity index (χ4v) is 2.45. The van der Waals surface area contributed by atoms with E-state index in [1.165, 1.54) is 0 Å². The van der Waals surface area contributed by atoms with Crippen LogP contribution >= 0.6 is 11.6 Å². The lowest BCUT2D eigenvalue weighted by atomic mass is 9.94. The zero-order chi connectivity index (χ0) is 15.8. The van der Waals surface area contributed by atoms with Gasteiger partial charge in [0.2, 0.25) is 5.91 Å². The number of halogens is 1. The first-order valence-electron chi connectivity index (χ1n) is 7.38. The lowest BCUT2D eigenvalue weighted by Gasteiger charge is -2.17. The van der Waals surface area contributed by atoms with Gasteiger partial charge in [-0.15, -0.1) is 0 Å². The van der Waals surface area contributed by atoms with E-state index in [0.29, 0.717) is 41.9 Å². The Morgan fingerprint density at radius 3 is 2.71 bits per heavy atom. The van der Waals surface area contributed by atoms with E-state index >= 15 is 0 Å². The molecule has 0 aromatic heterocycles. The number of nitrogens with two attached hydrogens (primary N) is 1. The molecule has 1 aromatic rings. The van der Waals surface area contributed by atoms with Gasteiger partial charge < -0.3 is 15.8 Å². The fraction of sp³-hybridized carbons (Fsp3) is 0.562. The van der Waals surface area contributed by atoms with Crippen molar-refractivity contribution in [1.29, 1.82) is 0 Å². The molecule has 1 rings (SSSR count). The summed E-state index contributed by atoms with van der Waals surface area (Å²) >= 11 is 5.98. The second-order valence-electron chi connectivity index (χ2n) is 5.56. The maximum atomic E-state index is 12.2. The van der Waals surface area contributed by atoms with E-state index in [-0.39, 0.29) is 11.8 Å². The van der Waals surface area contributed by atoms with Gasteiger partial charge in [0, 0.05) is 11.4 Å². The molecule has 118 valence electrons. The van der Waals surface area contributed by atoms with Crippen molar-refractivity contribution in [3.63, 3.8) is 0 Å². The highest BCUT2D eigenvalue weighted by Crippen LogP contribution is 2.28. The molecule has 1 atom stereocenters. The minimum atomic E-state index is -0.0608. The van der Waals surface area contributed by atoms with E-state index < -0.39 is 0 Å². The third-order valence-electron chi connectivity index (χ3n) is 3.13. The topological polar surface area (TPSA) is 64.3 Å². The van der Waals surface area contributed by atoms with Crippen LogP contribution in [0.3, 0.4) is 0 Å². The first-order valence-corrected chi connectivity index (χ1v) is 7.76. The van der Waals surface area contributed by atoms with E-state index in [9.17, 15) is 4.79 Å². The van der Waals surface area contributed by atoms with Crippen LogP contribution < -0.4 is 15.8 Å². The molecular weight excluding hydrogens is 288 g/mol. The van der Waals surface area contributed by atoms with Crippen molar-refractivity contribution < 1.29 is 9.53 Å². The minimum Gasteiger partial charge on any atom is -0.492 e. The molecule has 1 amide bonds. The fourth-order valence-electron chi connectivity index (χ4n) is 2.27. The van der Waals surface area contributed by atoms with E-state index in [1.54, 1.807) is 18.2 Å². The summed E-state index contributed by atoms with van der Waals surface area (Å²) in [6, 6.07) is 5.20. The highest BCUT2D eigenvalue weighted by atomic mass is 35.5. The third kappa shape index (κ3) is 6.36. The molecule has 21 heavy (non-hydrogen) atoms. The Morgan fingerprint density at radius 2 is 2.14 bits per heavy atom. The van der Waals surface area contributed by atoms with Gasteiger partial charge in [-0.1, -0.05) is 25.4 Å². The van der Waals surface area contributed by atoms with Gasteiger partial charge in [0.25, 0.3) is 0 Å². The molecular formula is C16H25ClN2O2. The zero-order valence-corrected chi connectivity index (χ0v) is 13.7. The molecule has 1 aromatic carbocycles. The average Bonchev–Trinajstić information content (AvgIpc) is 2.40. The number of benzene rings is 1. The van der Waals surface area contributed by atoms with Crippen molar-refractivity contribution in [2.75, 3.05) is 18.5 Å². The molecule has 0 aliphatic heterocycles. The van der Waals surface area contributed by atoms with Gasteiger partial charge in [0.15, 0.2) is 0 Å². The predicted molar refractivity (Wildman–Crippen MR) is 87.9 cm³/mol. The van der Waals surface area contributed by atoms with Crippen LogP contribution in [-0.4, -0.2) is 19.1 Å². The number of hydrogen-bond donors (Lipinski definition) is 2. The maximum Gasteiger partial charge on any atom is 0.224 e. The zero-order valence-electron chi connectivity index (χ0n) is 13.0. The SMILES string of the molecule is CCOc1ccc(Cl)cc1NC(=O)C[C@@H](CN)CC(C)C. The van der Waals surface area contributed by atoms with E-state index in [1.807, 2.05) is 6.92 Å². The Bertz CT molecular complexity index is 464. The molecule has 0 aliphatic carbocycles. The van der Waals surface area contributed by atoms with Crippen molar-refractivity contribution >= 4 is 23.2 Å². The number of amides is 1. The molecule has 0 bridgehead atoms. The first kappa shape index (κ1) is 17.8. The van der Waals surface area contributed by atoms with Gasteiger partial charge in [-0.2, -0.15) is 0 Å². The normalized spacial score (nSPS) is 12.3. The Morgan fingerprint density at radius 1 is 1.43 bits per heavy atom. The molecule has 0 unspecified atom stereocenters. The second-order valence-corrected chi connectivity index (χ2v) is 5.99. The van der Waals surface area contributed by atoms with Crippen LogP contribution in [0.25, 0.3) is 0 Å². The van der Waals surface area contributed by atoms with Crippen LogP contribution in [0.2, 0.25) is 5.02 Å². The monoisotopic (exact) mass is 312 g/mol. The van der Waals surface area contributed by atoms with Gasteiger partial charge in [-0.3, -0.25) is 4.79 Å². The molecule has 0 aliphatic rings. The van der Waals surface area contributed by atoms with E-state index in [0.717, 1.165) is 6.42 Å². The van der Waals surface area contributed by atoms with Crippen molar-refractivity contribution in [1.82, 2.24) is 0 Å². The highest BCUT2D eigenvalue weighted by molar-refractivity contribution is 6.31. The summed E-state index contributed by atoms with van der Waals surface area (Å²) in [6.45, 7) is 7.20. The summed E-state index contributed by atoms with van der Waals surface area (Å²) in [7, 11) is 0. The number of hydrogen-bond acceptors (Lipinski definition) is 3. The quantitative estimate of drug-likeness (QED) is 0.769. The summed E-state index contributed by atoms with van der Waals surface area (Å²) in [5.74, 6) is 1.29. The van der Waals surface area contributed by atoms with Gasteiger partial charge in [0.1, 0.15) is 5.75 Å². The largest absolute Gasteiger partial charge is 0.492 e. The Hall–Kier alpha value is -1.26. The number of anilines is 1. The van der Waals surface area contributed by atoms with Crippen LogP contribution in [-0.2, 0) is 4.79 Å². The smallest absolute Gasteiger partial charge is 0.224 e. The second kappa shape index (κ2) is 8.90. The number of nitrogens with one attached hydrogen (secondary N) is 1. The molecule has 0 radical (unpaired) electrons. The highest BCUT2D eigenvalue weighted by Gasteiger charge is 2.15. The standard InChI is InChI=1S/C16H25ClN2O2/c1-4-21-15-6-5-13(17)9-14(15)19-16(20)8-12(10-18)7-11(2)3/h5-6,9,11-12H,4,7-8,10,18H2,1-3H3,(H,19,20)/t12-/m0/s1. The number of carbonyl (C=O) groups excluding carboxylic acids is 1. The molecule has 4 nitrogen and oxygen atoms in total. The molecule has 0 saturated carbocycles. The number of carbonyl (C=O) groups is 1. The Labute approximate surface area is 132 Å². The minimum absolute atomic E-state index is 0.0608. The van der Waals surface area contributed by atoms with Crippen LogP contribution in [0, 0.1) is 11.8 Å². The van der Waals surface area contributed by atoms with Crippen molar-refractivity contribution in [2.24, 2.45) is 17.6 Å². The summed E-state index contributed by atoms with van der Waals surface area (Å²) < 4.78 is 5.49. The molecule has 0 saturated heterocycles. The maximum absolute atomic E-state index is 12.2. The van der Waals surface area contributed by atoms with Gasteiger partial charge in [0.05, 0.1) is 12.3 Å². The first-order chi connectivity index (χ1) is 9.96. The van der Waals surface area contributed by atoms with Gasteiger partial charge in [-0.25, -0.2) is 0 Å². The van der Waals surface area contributed by atoms with Crippen LogP contribution in [0.4, 0.5) is 5.69 Å².